The maximum Gasteiger partial charge on any atom is 0.238 e. The van der Waals surface area contributed by atoms with Crippen LogP contribution in [0.1, 0.15) is 5.69 Å². The minimum absolute atomic E-state index is 0.0120. The van der Waals surface area contributed by atoms with Crippen molar-refractivity contribution >= 4 is 26.7 Å². The molecular weight excluding hydrogens is 292 g/mol. The standard InChI is InChI=1S/C14H12N2O4S/c17-11-5-3-4-10(8-11)16-21(18,19)9-13-12-6-1-2-7-14(12)20-15-13/h1-8,16-17H,9H2. The first kappa shape index (κ1) is 13.4. The number of rotatable bonds is 4. The minimum Gasteiger partial charge on any atom is -0.508 e. The second-order valence-corrected chi connectivity index (χ2v) is 6.26. The molecule has 2 aromatic carbocycles. The molecule has 0 bridgehead atoms. The Kier molecular flexibility index (Phi) is 3.26. The molecule has 3 aromatic rings. The summed E-state index contributed by atoms with van der Waals surface area (Å²) in [5.74, 6) is -0.318. The van der Waals surface area contributed by atoms with Crippen molar-refractivity contribution in [3.05, 3.63) is 54.2 Å². The number of benzene rings is 2. The van der Waals surface area contributed by atoms with Crippen molar-refractivity contribution in [1.82, 2.24) is 5.16 Å². The Bertz CT molecular complexity index is 887. The van der Waals surface area contributed by atoms with Gasteiger partial charge in [0.05, 0.1) is 5.69 Å². The molecule has 21 heavy (non-hydrogen) atoms. The third-order valence-corrected chi connectivity index (χ3v) is 4.10. The summed E-state index contributed by atoms with van der Waals surface area (Å²) in [5.41, 5.74) is 1.18. The first-order valence-corrected chi connectivity index (χ1v) is 7.81. The van der Waals surface area contributed by atoms with E-state index in [0.29, 0.717) is 22.4 Å². The topological polar surface area (TPSA) is 92.4 Å². The fourth-order valence-electron chi connectivity index (χ4n) is 2.01. The number of phenolic OH excluding ortho intramolecular Hbond substituents is 1. The Balaban J connectivity index is 1.86. The number of aromatic hydroxyl groups is 1. The summed E-state index contributed by atoms with van der Waals surface area (Å²) in [6.45, 7) is 0. The fourth-order valence-corrected chi connectivity index (χ4v) is 3.13. The third kappa shape index (κ3) is 2.97. The zero-order valence-corrected chi connectivity index (χ0v) is 11.7. The van der Waals surface area contributed by atoms with Gasteiger partial charge in [-0.05, 0) is 24.3 Å². The SMILES string of the molecule is O=S(=O)(Cc1noc2ccccc12)Nc1cccc(O)c1. The minimum atomic E-state index is -3.65. The molecule has 3 rings (SSSR count). The van der Waals surface area contributed by atoms with Gasteiger partial charge in [-0.1, -0.05) is 23.4 Å². The van der Waals surface area contributed by atoms with Gasteiger partial charge in [0.15, 0.2) is 5.58 Å². The highest BCUT2D eigenvalue weighted by Gasteiger charge is 2.17. The van der Waals surface area contributed by atoms with E-state index < -0.39 is 10.0 Å². The number of sulfonamides is 1. The Hall–Kier alpha value is -2.54. The molecule has 7 heteroatoms. The van der Waals surface area contributed by atoms with Crippen LogP contribution in [0.25, 0.3) is 11.0 Å². The molecule has 0 saturated carbocycles. The van der Waals surface area contributed by atoms with E-state index in [1.54, 1.807) is 36.4 Å². The van der Waals surface area contributed by atoms with E-state index in [0.717, 1.165) is 0 Å². The maximum atomic E-state index is 12.1. The molecule has 6 nitrogen and oxygen atoms in total. The smallest absolute Gasteiger partial charge is 0.238 e. The molecule has 0 saturated heterocycles. The second kappa shape index (κ2) is 5.10. The van der Waals surface area contributed by atoms with E-state index in [-0.39, 0.29) is 11.5 Å². The summed E-state index contributed by atoms with van der Waals surface area (Å²) >= 11 is 0. The van der Waals surface area contributed by atoms with Crippen molar-refractivity contribution in [3.63, 3.8) is 0 Å². The highest BCUT2D eigenvalue weighted by atomic mass is 32.2. The molecule has 0 radical (unpaired) electrons. The van der Waals surface area contributed by atoms with Crippen LogP contribution in [0.15, 0.2) is 53.1 Å². The van der Waals surface area contributed by atoms with E-state index in [1.165, 1.54) is 12.1 Å². The van der Waals surface area contributed by atoms with Crippen LogP contribution in [0.3, 0.4) is 0 Å². The number of para-hydroxylation sites is 1. The van der Waals surface area contributed by atoms with Gasteiger partial charge in [-0.25, -0.2) is 8.42 Å². The van der Waals surface area contributed by atoms with E-state index in [2.05, 4.69) is 9.88 Å². The van der Waals surface area contributed by atoms with Gasteiger partial charge in [-0.2, -0.15) is 0 Å². The van der Waals surface area contributed by atoms with Gasteiger partial charge in [0.25, 0.3) is 0 Å². The zero-order valence-electron chi connectivity index (χ0n) is 10.9. The normalized spacial score (nSPS) is 11.6. The predicted molar refractivity (Wildman–Crippen MR) is 78.4 cm³/mol. The number of nitrogens with one attached hydrogen (secondary N) is 1. The summed E-state index contributed by atoms with van der Waals surface area (Å²) in [6, 6.07) is 13.0. The molecule has 0 fully saturated rings. The van der Waals surface area contributed by atoms with Gasteiger partial charge in [0, 0.05) is 11.5 Å². The largest absolute Gasteiger partial charge is 0.508 e. The number of anilines is 1. The van der Waals surface area contributed by atoms with Gasteiger partial charge >= 0.3 is 0 Å². The van der Waals surface area contributed by atoms with Crippen molar-refractivity contribution < 1.29 is 18.0 Å². The Morgan fingerprint density at radius 3 is 2.76 bits per heavy atom. The first-order valence-electron chi connectivity index (χ1n) is 6.16. The molecule has 0 aliphatic carbocycles. The van der Waals surface area contributed by atoms with Crippen LogP contribution < -0.4 is 4.72 Å². The molecule has 108 valence electrons. The molecular formula is C14H12N2O4S. The third-order valence-electron chi connectivity index (χ3n) is 2.90. The molecule has 0 aliphatic rings. The van der Waals surface area contributed by atoms with Crippen molar-refractivity contribution in [2.75, 3.05) is 4.72 Å². The van der Waals surface area contributed by atoms with Crippen LogP contribution in [0.4, 0.5) is 5.69 Å². The summed E-state index contributed by atoms with van der Waals surface area (Å²) in [7, 11) is -3.65. The van der Waals surface area contributed by atoms with Gasteiger partial charge < -0.3 is 9.63 Å². The van der Waals surface area contributed by atoms with Crippen LogP contribution in [0.2, 0.25) is 0 Å². The van der Waals surface area contributed by atoms with Crippen molar-refractivity contribution in [2.45, 2.75) is 5.75 Å². The Morgan fingerprint density at radius 2 is 1.95 bits per heavy atom. The lowest BCUT2D eigenvalue weighted by Crippen LogP contribution is -2.15. The lowest BCUT2D eigenvalue weighted by Gasteiger charge is -2.06. The average molecular weight is 304 g/mol. The van der Waals surface area contributed by atoms with Crippen LogP contribution in [0, 0.1) is 0 Å². The van der Waals surface area contributed by atoms with Gasteiger partial charge in [0.2, 0.25) is 10.0 Å². The maximum absolute atomic E-state index is 12.1. The Labute approximate surface area is 121 Å². The molecule has 0 unspecified atom stereocenters. The predicted octanol–water partition coefficient (Wildman–Crippen LogP) is 2.48. The van der Waals surface area contributed by atoms with Gasteiger partial charge in [0.1, 0.15) is 17.2 Å². The van der Waals surface area contributed by atoms with Gasteiger partial charge in [-0.3, -0.25) is 4.72 Å². The van der Waals surface area contributed by atoms with Crippen LogP contribution >= 0.6 is 0 Å². The average Bonchev–Trinajstić information content (AvgIpc) is 2.81. The van der Waals surface area contributed by atoms with Crippen LogP contribution in [0.5, 0.6) is 5.75 Å². The van der Waals surface area contributed by atoms with Crippen molar-refractivity contribution in [2.24, 2.45) is 0 Å². The first-order chi connectivity index (χ1) is 10.0. The quantitative estimate of drug-likeness (QED) is 0.772. The highest BCUT2D eigenvalue weighted by Crippen LogP contribution is 2.22. The molecule has 2 N–H and O–H groups in total. The molecule has 1 heterocycles. The van der Waals surface area contributed by atoms with E-state index >= 15 is 0 Å². The second-order valence-electron chi connectivity index (χ2n) is 4.54. The zero-order chi connectivity index (χ0) is 14.9. The number of hydrogen-bond donors (Lipinski definition) is 2. The monoisotopic (exact) mass is 304 g/mol. The fraction of sp³-hybridized carbons (Fsp3) is 0.0714. The lowest BCUT2D eigenvalue weighted by molar-refractivity contribution is 0.448. The number of fused-ring (bicyclic) bond motifs is 1. The number of aromatic nitrogens is 1. The number of hydrogen-bond acceptors (Lipinski definition) is 5. The van der Waals surface area contributed by atoms with E-state index in [1.807, 2.05) is 0 Å². The van der Waals surface area contributed by atoms with Crippen molar-refractivity contribution in [1.29, 1.82) is 0 Å². The molecule has 0 aliphatic heterocycles. The Morgan fingerprint density at radius 1 is 1.14 bits per heavy atom. The summed E-state index contributed by atoms with van der Waals surface area (Å²) in [4.78, 5) is 0. The summed E-state index contributed by atoms with van der Waals surface area (Å²) < 4.78 is 31.8. The summed E-state index contributed by atoms with van der Waals surface area (Å²) in [6.07, 6.45) is 0. The molecule has 0 atom stereocenters. The van der Waals surface area contributed by atoms with Crippen molar-refractivity contribution in [3.8, 4) is 5.75 Å². The molecule has 0 amide bonds. The number of nitrogens with zero attached hydrogens (tertiary/aromatic N) is 1. The highest BCUT2D eigenvalue weighted by molar-refractivity contribution is 7.91. The van der Waals surface area contributed by atoms with E-state index in [4.69, 9.17) is 4.52 Å². The lowest BCUT2D eigenvalue weighted by atomic mass is 10.2. The molecule has 1 aromatic heterocycles. The molecule has 0 spiro atoms. The van der Waals surface area contributed by atoms with Crippen LogP contribution in [-0.4, -0.2) is 18.7 Å². The number of phenols is 1. The van der Waals surface area contributed by atoms with Crippen LogP contribution in [-0.2, 0) is 15.8 Å². The van der Waals surface area contributed by atoms with Gasteiger partial charge in [-0.15, -0.1) is 0 Å². The summed E-state index contributed by atoms with van der Waals surface area (Å²) in [5, 5.41) is 13.8. The van der Waals surface area contributed by atoms with E-state index in [9.17, 15) is 13.5 Å².